The van der Waals surface area contributed by atoms with Crippen molar-refractivity contribution < 1.29 is 4.79 Å². The Balaban J connectivity index is 2.68. The van der Waals surface area contributed by atoms with Crippen molar-refractivity contribution >= 4 is 17.3 Å². The molecular weight excluding hydrogens is 262 g/mol. The second-order valence-electron chi connectivity index (χ2n) is 6.37. The molecular formula is C17H29N3O. The summed E-state index contributed by atoms with van der Waals surface area (Å²) in [6, 6.07) is 5.62. The van der Waals surface area contributed by atoms with Gasteiger partial charge in [-0.1, -0.05) is 26.7 Å². The molecule has 0 heterocycles. The van der Waals surface area contributed by atoms with E-state index in [2.05, 4.69) is 26.1 Å². The molecule has 0 bridgehead atoms. The molecule has 3 N–H and O–H groups in total. The summed E-state index contributed by atoms with van der Waals surface area (Å²) in [5.74, 6) is 0.658. The molecule has 0 saturated heterocycles. The van der Waals surface area contributed by atoms with E-state index in [0.29, 0.717) is 17.2 Å². The van der Waals surface area contributed by atoms with Crippen molar-refractivity contribution in [2.24, 2.45) is 5.92 Å². The molecule has 0 aliphatic carbocycles. The van der Waals surface area contributed by atoms with Crippen LogP contribution < -0.4 is 16.0 Å². The van der Waals surface area contributed by atoms with E-state index >= 15 is 0 Å². The molecule has 0 aromatic heterocycles. The van der Waals surface area contributed by atoms with E-state index in [0.717, 1.165) is 18.5 Å². The molecule has 4 heteroatoms. The maximum absolute atomic E-state index is 12.4. The molecule has 118 valence electrons. The number of anilines is 2. The molecule has 0 fully saturated rings. The van der Waals surface area contributed by atoms with Crippen LogP contribution in [0.1, 0.15) is 50.4 Å². The summed E-state index contributed by atoms with van der Waals surface area (Å²) in [7, 11) is 3.85. The van der Waals surface area contributed by atoms with Crippen molar-refractivity contribution in [2.75, 3.05) is 24.7 Å². The summed E-state index contributed by atoms with van der Waals surface area (Å²) in [6.07, 6.45) is 3.33. The van der Waals surface area contributed by atoms with Crippen LogP contribution in [0.25, 0.3) is 0 Å². The van der Waals surface area contributed by atoms with Gasteiger partial charge in [0, 0.05) is 31.5 Å². The summed E-state index contributed by atoms with van der Waals surface area (Å²) in [6.45, 7) is 6.50. The zero-order valence-electron chi connectivity index (χ0n) is 13.9. The quantitative estimate of drug-likeness (QED) is 0.758. The first-order valence-electron chi connectivity index (χ1n) is 7.69. The van der Waals surface area contributed by atoms with Crippen LogP contribution >= 0.6 is 0 Å². The third kappa shape index (κ3) is 5.66. The molecule has 0 radical (unpaired) electrons. The fraction of sp³-hybridized carbons (Fsp3) is 0.588. The van der Waals surface area contributed by atoms with Crippen LogP contribution in [0, 0.1) is 5.92 Å². The van der Waals surface area contributed by atoms with Gasteiger partial charge in [-0.3, -0.25) is 4.79 Å². The van der Waals surface area contributed by atoms with Crippen LogP contribution in [0.15, 0.2) is 18.2 Å². The van der Waals surface area contributed by atoms with E-state index in [1.165, 1.54) is 6.42 Å². The molecule has 21 heavy (non-hydrogen) atoms. The zero-order valence-corrected chi connectivity index (χ0v) is 13.9. The summed E-state index contributed by atoms with van der Waals surface area (Å²) >= 11 is 0. The Morgan fingerprint density at radius 2 is 1.90 bits per heavy atom. The molecule has 0 saturated carbocycles. The topological polar surface area (TPSA) is 58.4 Å². The number of hydrogen-bond donors (Lipinski definition) is 2. The Labute approximate surface area is 128 Å². The van der Waals surface area contributed by atoms with Crippen LogP contribution in [0.5, 0.6) is 0 Å². The van der Waals surface area contributed by atoms with Gasteiger partial charge in [-0.15, -0.1) is 0 Å². The summed E-state index contributed by atoms with van der Waals surface area (Å²) < 4.78 is 0. The number of benzene rings is 1. The summed E-state index contributed by atoms with van der Waals surface area (Å²) in [5.41, 5.74) is 7.94. The Morgan fingerprint density at radius 1 is 1.24 bits per heavy atom. The first kappa shape index (κ1) is 17.3. The molecule has 1 unspecified atom stereocenters. The van der Waals surface area contributed by atoms with Crippen molar-refractivity contribution in [1.29, 1.82) is 0 Å². The van der Waals surface area contributed by atoms with Gasteiger partial charge >= 0.3 is 0 Å². The van der Waals surface area contributed by atoms with Crippen LogP contribution in [0.3, 0.4) is 0 Å². The van der Waals surface area contributed by atoms with Gasteiger partial charge in [-0.2, -0.15) is 0 Å². The van der Waals surface area contributed by atoms with E-state index in [-0.39, 0.29) is 11.9 Å². The smallest absolute Gasteiger partial charge is 0.253 e. The molecule has 0 spiro atoms. The van der Waals surface area contributed by atoms with E-state index < -0.39 is 0 Å². The number of hydrogen-bond acceptors (Lipinski definition) is 3. The van der Waals surface area contributed by atoms with Crippen LogP contribution in [0.4, 0.5) is 11.4 Å². The fourth-order valence-electron chi connectivity index (χ4n) is 2.33. The van der Waals surface area contributed by atoms with Gasteiger partial charge < -0.3 is 16.0 Å². The zero-order chi connectivity index (χ0) is 16.0. The van der Waals surface area contributed by atoms with E-state index in [4.69, 9.17) is 5.73 Å². The number of carbonyl (C=O) groups excluding carboxylic acids is 1. The molecule has 1 rings (SSSR count). The molecule has 1 aromatic carbocycles. The SMILES string of the molecule is CC(C)CCCC(C)NC(=O)c1cc(N)ccc1N(C)C. The number of carbonyl (C=O) groups is 1. The highest BCUT2D eigenvalue weighted by Gasteiger charge is 2.15. The van der Waals surface area contributed by atoms with Gasteiger partial charge in [0.05, 0.1) is 5.56 Å². The highest BCUT2D eigenvalue weighted by molar-refractivity contribution is 6.00. The fourth-order valence-corrected chi connectivity index (χ4v) is 2.33. The second kappa shape index (κ2) is 7.91. The van der Waals surface area contributed by atoms with Gasteiger partial charge in [0.1, 0.15) is 0 Å². The van der Waals surface area contributed by atoms with Crippen molar-refractivity contribution in [3.63, 3.8) is 0 Å². The van der Waals surface area contributed by atoms with Gasteiger partial charge in [0.25, 0.3) is 5.91 Å². The van der Waals surface area contributed by atoms with E-state index in [9.17, 15) is 4.79 Å². The predicted molar refractivity (Wildman–Crippen MR) is 90.8 cm³/mol. The lowest BCUT2D eigenvalue weighted by atomic mass is 10.0. The van der Waals surface area contributed by atoms with E-state index in [1.807, 2.05) is 31.1 Å². The first-order chi connectivity index (χ1) is 9.81. The Bertz CT molecular complexity index is 469. The molecule has 1 amide bonds. The number of nitrogens with two attached hydrogens (primary N) is 1. The lowest BCUT2D eigenvalue weighted by Crippen LogP contribution is -2.33. The molecule has 1 aromatic rings. The van der Waals surface area contributed by atoms with Crippen molar-refractivity contribution in [3.8, 4) is 0 Å². The standard InChI is InChI=1S/C17H29N3O/c1-12(2)7-6-8-13(3)19-17(21)15-11-14(18)9-10-16(15)20(4)5/h9-13H,6-8,18H2,1-5H3,(H,19,21). The average Bonchev–Trinajstić information content (AvgIpc) is 2.37. The van der Waals surface area contributed by atoms with Gasteiger partial charge in [0.2, 0.25) is 0 Å². The minimum Gasteiger partial charge on any atom is -0.399 e. The number of nitrogen functional groups attached to an aromatic ring is 1. The molecule has 0 aliphatic rings. The first-order valence-corrected chi connectivity index (χ1v) is 7.69. The van der Waals surface area contributed by atoms with Gasteiger partial charge in [-0.25, -0.2) is 0 Å². The average molecular weight is 291 g/mol. The van der Waals surface area contributed by atoms with Crippen LogP contribution in [-0.2, 0) is 0 Å². The monoisotopic (exact) mass is 291 g/mol. The van der Waals surface area contributed by atoms with Gasteiger partial charge in [-0.05, 0) is 37.5 Å². The lowest BCUT2D eigenvalue weighted by Gasteiger charge is -2.20. The Morgan fingerprint density at radius 3 is 2.48 bits per heavy atom. The summed E-state index contributed by atoms with van der Waals surface area (Å²) in [5, 5.41) is 3.07. The minimum atomic E-state index is -0.0527. The lowest BCUT2D eigenvalue weighted by molar-refractivity contribution is 0.0938. The van der Waals surface area contributed by atoms with E-state index in [1.54, 1.807) is 6.07 Å². The van der Waals surface area contributed by atoms with Crippen molar-refractivity contribution in [1.82, 2.24) is 5.32 Å². The highest BCUT2D eigenvalue weighted by Crippen LogP contribution is 2.21. The maximum Gasteiger partial charge on any atom is 0.253 e. The van der Waals surface area contributed by atoms with Gasteiger partial charge in [0.15, 0.2) is 0 Å². The minimum absolute atomic E-state index is 0.0527. The number of nitrogens with zero attached hydrogens (tertiary/aromatic N) is 1. The van der Waals surface area contributed by atoms with Crippen molar-refractivity contribution in [3.05, 3.63) is 23.8 Å². The maximum atomic E-state index is 12.4. The highest BCUT2D eigenvalue weighted by atomic mass is 16.1. The Kier molecular flexibility index (Phi) is 6.53. The molecule has 4 nitrogen and oxygen atoms in total. The number of amides is 1. The molecule has 0 aliphatic heterocycles. The molecule has 1 atom stereocenters. The second-order valence-corrected chi connectivity index (χ2v) is 6.37. The third-order valence-electron chi connectivity index (χ3n) is 3.54. The van der Waals surface area contributed by atoms with Crippen LogP contribution in [-0.4, -0.2) is 26.0 Å². The van der Waals surface area contributed by atoms with Crippen LogP contribution in [0.2, 0.25) is 0 Å². The predicted octanol–water partition coefficient (Wildman–Crippen LogP) is 3.28. The van der Waals surface area contributed by atoms with Crippen molar-refractivity contribution in [2.45, 2.75) is 46.1 Å². The number of nitrogens with one attached hydrogen (secondary N) is 1. The number of rotatable bonds is 7. The summed E-state index contributed by atoms with van der Waals surface area (Å²) in [4.78, 5) is 14.4. The Hall–Kier alpha value is -1.71. The largest absolute Gasteiger partial charge is 0.399 e. The normalized spacial score (nSPS) is 12.3. The third-order valence-corrected chi connectivity index (χ3v) is 3.54.